The predicted octanol–water partition coefficient (Wildman–Crippen LogP) is 0.200. The van der Waals surface area contributed by atoms with Crippen LogP contribution in [0.2, 0.25) is 0 Å². The van der Waals surface area contributed by atoms with Crippen LogP contribution in [0.15, 0.2) is 12.2 Å². The zero-order valence-corrected chi connectivity index (χ0v) is 8.23. The van der Waals surface area contributed by atoms with Crippen molar-refractivity contribution in [2.75, 3.05) is 6.61 Å². The van der Waals surface area contributed by atoms with E-state index in [9.17, 15) is 14.7 Å². The number of aliphatic hydroxyl groups excluding tert-OH is 1. The molecule has 4 heteroatoms. The first-order chi connectivity index (χ1) is 7.11. The number of hydrogen-bond acceptors (Lipinski definition) is 4. The van der Waals surface area contributed by atoms with Gasteiger partial charge in [-0.2, -0.15) is 0 Å². The van der Waals surface area contributed by atoms with Crippen molar-refractivity contribution < 1.29 is 19.4 Å². The molecule has 1 heterocycles. The maximum Gasteiger partial charge on any atom is 0.313 e. The molecule has 1 aliphatic heterocycles. The molecule has 0 unspecified atom stereocenters. The van der Waals surface area contributed by atoms with E-state index in [1.54, 1.807) is 6.08 Å². The van der Waals surface area contributed by atoms with Crippen molar-refractivity contribution >= 4 is 11.8 Å². The Kier molecular flexibility index (Phi) is 1.51. The van der Waals surface area contributed by atoms with Crippen LogP contribution in [0.4, 0.5) is 0 Å². The molecule has 0 bridgehead atoms. The fourth-order valence-electron chi connectivity index (χ4n) is 3.28. The summed E-state index contributed by atoms with van der Waals surface area (Å²) in [6, 6.07) is 0. The van der Waals surface area contributed by atoms with E-state index in [2.05, 4.69) is 0 Å². The summed E-state index contributed by atoms with van der Waals surface area (Å²) in [6.45, 7) is 0.219. The van der Waals surface area contributed by atoms with Gasteiger partial charge in [-0.15, -0.1) is 0 Å². The van der Waals surface area contributed by atoms with E-state index >= 15 is 0 Å². The molecule has 2 aliphatic carbocycles. The molecular formula is C11H12O4. The topological polar surface area (TPSA) is 63.6 Å². The minimum Gasteiger partial charge on any atom is -0.464 e. The summed E-state index contributed by atoms with van der Waals surface area (Å²) in [5.74, 6) is -0.352. The molecule has 0 radical (unpaired) electrons. The van der Waals surface area contributed by atoms with Crippen LogP contribution in [0.1, 0.15) is 19.3 Å². The highest BCUT2D eigenvalue weighted by molar-refractivity contribution is 5.97. The number of carbonyl (C=O) groups excluding carboxylic acids is 2. The van der Waals surface area contributed by atoms with Crippen LogP contribution in [0, 0.1) is 10.8 Å². The largest absolute Gasteiger partial charge is 0.464 e. The molecule has 1 N–H and O–H groups in total. The molecule has 2 fully saturated rings. The molecule has 3 atom stereocenters. The smallest absolute Gasteiger partial charge is 0.313 e. The zero-order chi connectivity index (χ0) is 10.7. The summed E-state index contributed by atoms with van der Waals surface area (Å²) in [7, 11) is 0. The minimum atomic E-state index is -0.766. The Bertz CT molecular complexity index is 386. The summed E-state index contributed by atoms with van der Waals surface area (Å²) in [5.41, 5.74) is -1.39. The Labute approximate surface area is 86.9 Å². The van der Waals surface area contributed by atoms with E-state index in [-0.39, 0.29) is 24.8 Å². The van der Waals surface area contributed by atoms with Crippen molar-refractivity contribution in [3.05, 3.63) is 12.2 Å². The number of carbonyl (C=O) groups is 2. The van der Waals surface area contributed by atoms with Crippen LogP contribution in [0.25, 0.3) is 0 Å². The number of rotatable bonds is 0. The van der Waals surface area contributed by atoms with Crippen molar-refractivity contribution in [2.45, 2.75) is 25.4 Å². The number of ether oxygens (including phenoxy) is 1. The molecule has 80 valence electrons. The molecule has 1 saturated heterocycles. The summed E-state index contributed by atoms with van der Waals surface area (Å²) < 4.78 is 5.06. The standard InChI is InChI=1S/C11H12O4/c12-7-1-3-11-6-15-9(14)10(11,5-7)4-2-8(11)13/h1,3,8,13H,2,4-6H2/t8-,10+,11-/m0/s1. The van der Waals surface area contributed by atoms with Crippen molar-refractivity contribution in [1.82, 2.24) is 0 Å². The Morgan fingerprint density at radius 2 is 2.27 bits per heavy atom. The van der Waals surface area contributed by atoms with Gasteiger partial charge in [-0.3, -0.25) is 9.59 Å². The molecule has 15 heavy (non-hydrogen) atoms. The van der Waals surface area contributed by atoms with Gasteiger partial charge in [0.15, 0.2) is 5.78 Å². The number of allylic oxidation sites excluding steroid dienone is 1. The van der Waals surface area contributed by atoms with Gasteiger partial charge in [0.1, 0.15) is 6.61 Å². The third kappa shape index (κ3) is 0.822. The number of hydrogen-bond donors (Lipinski definition) is 1. The molecule has 3 rings (SSSR count). The highest BCUT2D eigenvalue weighted by Gasteiger charge is 2.69. The second-order valence-corrected chi connectivity index (χ2v) is 4.73. The quantitative estimate of drug-likeness (QED) is 0.577. The maximum atomic E-state index is 11.8. The summed E-state index contributed by atoms with van der Waals surface area (Å²) >= 11 is 0. The summed E-state index contributed by atoms with van der Waals surface area (Å²) in [5, 5.41) is 9.99. The van der Waals surface area contributed by atoms with Crippen molar-refractivity contribution in [1.29, 1.82) is 0 Å². The number of esters is 1. The van der Waals surface area contributed by atoms with Gasteiger partial charge in [0.2, 0.25) is 0 Å². The zero-order valence-electron chi connectivity index (χ0n) is 8.23. The third-order valence-electron chi connectivity index (χ3n) is 4.21. The van der Waals surface area contributed by atoms with Gasteiger partial charge in [-0.25, -0.2) is 0 Å². The molecular weight excluding hydrogens is 196 g/mol. The second kappa shape index (κ2) is 2.50. The molecule has 0 aromatic rings. The molecule has 4 nitrogen and oxygen atoms in total. The Morgan fingerprint density at radius 3 is 3.07 bits per heavy atom. The Morgan fingerprint density at radius 1 is 1.47 bits per heavy atom. The lowest BCUT2D eigenvalue weighted by Crippen LogP contribution is -2.46. The molecule has 1 saturated carbocycles. The van der Waals surface area contributed by atoms with Gasteiger partial charge < -0.3 is 9.84 Å². The molecule has 0 amide bonds. The molecule has 0 aromatic heterocycles. The van der Waals surface area contributed by atoms with E-state index < -0.39 is 16.9 Å². The fourth-order valence-corrected chi connectivity index (χ4v) is 3.28. The van der Waals surface area contributed by atoms with E-state index in [1.165, 1.54) is 6.08 Å². The van der Waals surface area contributed by atoms with Gasteiger partial charge in [-0.05, 0) is 18.9 Å². The lowest BCUT2D eigenvalue weighted by atomic mass is 9.61. The Balaban J connectivity index is 2.20. The first kappa shape index (κ1) is 9.09. The van der Waals surface area contributed by atoms with Gasteiger partial charge in [-0.1, -0.05) is 6.08 Å². The first-order valence-corrected chi connectivity index (χ1v) is 5.18. The van der Waals surface area contributed by atoms with Crippen LogP contribution in [0.5, 0.6) is 0 Å². The SMILES string of the molecule is O=C1C=C[C@@]23COC(=O)[C@@]2(CC[C@@H]3O)C1. The molecule has 0 spiro atoms. The summed E-state index contributed by atoms with van der Waals surface area (Å²) in [4.78, 5) is 23.2. The number of ketones is 1. The van der Waals surface area contributed by atoms with E-state index in [4.69, 9.17) is 4.74 Å². The lowest BCUT2D eigenvalue weighted by Gasteiger charge is -2.37. The highest BCUT2D eigenvalue weighted by atomic mass is 16.5. The highest BCUT2D eigenvalue weighted by Crippen LogP contribution is 2.61. The average Bonchev–Trinajstić information content (AvgIpc) is 2.66. The third-order valence-corrected chi connectivity index (χ3v) is 4.21. The predicted molar refractivity (Wildman–Crippen MR) is 49.8 cm³/mol. The van der Waals surface area contributed by atoms with Crippen molar-refractivity contribution in [2.24, 2.45) is 10.8 Å². The van der Waals surface area contributed by atoms with E-state index in [0.29, 0.717) is 12.8 Å². The van der Waals surface area contributed by atoms with E-state index in [0.717, 1.165) is 0 Å². The first-order valence-electron chi connectivity index (χ1n) is 5.18. The van der Waals surface area contributed by atoms with Gasteiger partial charge >= 0.3 is 5.97 Å². The van der Waals surface area contributed by atoms with Crippen LogP contribution < -0.4 is 0 Å². The van der Waals surface area contributed by atoms with Gasteiger partial charge in [0.25, 0.3) is 0 Å². The maximum absolute atomic E-state index is 11.8. The lowest BCUT2D eigenvalue weighted by molar-refractivity contribution is -0.149. The fraction of sp³-hybridized carbons (Fsp3) is 0.636. The van der Waals surface area contributed by atoms with Crippen LogP contribution in [-0.4, -0.2) is 29.6 Å². The van der Waals surface area contributed by atoms with Crippen LogP contribution in [-0.2, 0) is 14.3 Å². The minimum absolute atomic E-state index is 0.0430. The monoisotopic (exact) mass is 208 g/mol. The van der Waals surface area contributed by atoms with Crippen LogP contribution in [0.3, 0.4) is 0 Å². The molecule has 0 aromatic carbocycles. The summed E-state index contributed by atoms with van der Waals surface area (Å²) in [6.07, 6.45) is 3.94. The number of aliphatic hydroxyl groups is 1. The van der Waals surface area contributed by atoms with Crippen molar-refractivity contribution in [3.63, 3.8) is 0 Å². The van der Waals surface area contributed by atoms with E-state index in [1.807, 2.05) is 0 Å². The van der Waals surface area contributed by atoms with Crippen LogP contribution >= 0.6 is 0 Å². The normalized spacial score (nSPS) is 47.7. The van der Waals surface area contributed by atoms with Crippen molar-refractivity contribution in [3.8, 4) is 0 Å². The average molecular weight is 208 g/mol. The van der Waals surface area contributed by atoms with Gasteiger partial charge in [0, 0.05) is 6.42 Å². The Hall–Kier alpha value is -1.16. The molecule has 3 aliphatic rings. The second-order valence-electron chi connectivity index (χ2n) is 4.73. The number of cyclic esters (lactones) is 1. The van der Waals surface area contributed by atoms with Gasteiger partial charge in [0.05, 0.1) is 16.9 Å².